The molecule has 86 valence electrons. The van der Waals surface area contributed by atoms with Crippen LogP contribution < -0.4 is 0 Å². The summed E-state index contributed by atoms with van der Waals surface area (Å²) >= 11 is 0. The number of rotatable bonds is 1. The van der Waals surface area contributed by atoms with Gasteiger partial charge in [0.15, 0.2) is 5.82 Å². The molecule has 0 saturated carbocycles. The summed E-state index contributed by atoms with van der Waals surface area (Å²) < 4.78 is 1.92. The third kappa shape index (κ3) is 3.30. The molecule has 3 nitrogen and oxygen atoms in total. The van der Waals surface area contributed by atoms with Crippen LogP contribution in [0, 0.1) is 11.5 Å². The highest BCUT2D eigenvalue weighted by atomic mass is 28.3. The molecule has 0 atom stereocenters. The molecular weight excluding hydrogens is 226 g/mol. The van der Waals surface area contributed by atoms with Gasteiger partial charge >= 0.3 is 0 Å². The highest BCUT2D eigenvalue weighted by Crippen LogP contribution is 2.04. The van der Waals surface area contributed by atoms with Crippen LogP contribution in [0.1, 0.15) is 5.69 Å². The molecule has 0 spiro atoms. The Morgan fingerprint density at radius 1 is 1.12 bits per heavy atom. The second kappa shape index (κ2) is 4.56. The van der Waals surface area contributed by atoms with E-state index in [1.165, 1.54) is 0 Å². The topological polar surface area (TPSA) is 30.7 Å². The summed E-state index contributed by atoms with van der Waals surface area (Å²) in [5, 5.41) is 0. The van der Waals surface area contributed by atoms with Gasteiger partial charge in [-0.25, -0.2) is 4.98 Å². The van der Waals surface area contributed by atoms with E-state index < -0.39 is 8.07 Å². The lowest BCUT2D eigenvalue weighted by Gasteiger charge is -2.04. The van der Waals surface area contributed by atoms with Crippen LogP contribution in [0.25, 0.3) is 5.82 Å². The first-order chi connectivity index (χ1) is 8.04. The smallest absolute Gasteiger partial charge is 0.156 e. The minimum Gasteiger partial charge on any atom is -0.307 e. The number of nitrogens with zero attached hydrogens (tertiary/aromatic N) is 3. The average Bonchev–Trinajstić information content (AvgIpc) is 2.79. The van der Waals surface area contributed by atoms with Crippen LogP contribution in [0.3, 0.4) is 0 Å². The van der Waals surface area contributed by atoms with E-state index in [1.54, 1.807) is 12.4 Å². The molecule has 0 unspecified atom stereocenters. The Balaban J connectivity index is 2.32. The summed E-state index contributed by atoms with van der Waals surface area (Å²) in [6.45, 7) is 6.63. The fourth-order valence-electron chi connectivity index (χ4n) is 1.28. The highest BCUT2D eigenvalue weighted by molar-refractivity contribution is 6.83. The first kappa shape index (κ1) is 11.6. The zero-order valence-corrected chi connectivity index (χ0v) is 11.3. The molecule has 0 aliphatic heterocycles. The van der Waals surface area contributed by atoms with Crippen molar-refractivity contribution in [2.45, 2.75) is 19.6 Å². The van der Waals surface area contributed by atoms with Crippen molar-refractivity contribution in [1.82, 2.24) is 14.5 Å². The zero-order chi connectivity index (χ0) is 12.3. The molecule has 0 fully saturated rings. The summed E-state index contributed by atoms with van der Waals surface area (Å²) in [6, 6.07) is 3.92. The Labute approximate surface area is 103 Å². The van der Waals surface area contributed by atoms with Crippen molar-refractivity contribution in [3.63, 3.8) is 0 Å². The van der Waals surface area contributed by atoms with E-state index in [9.17, 15) is 0 Å². The molecule has 0 saturated heterocycles. The molecule has 2 aromatic rings. The number of hydrogen-bond acceptors (Lipinski definition) is 2. The molecule has 0 bridgehead atoms. The SMILES string of the molecule is C[Si](C)(C)C#Cc1cncc(-n2cccc2)n1. The molecule has 0 aromatic carbocycles. The lowest BCUT2D eigenvalue weighted by Crippen LogP contribution is -2.16. The Morgan fingerprint density at radius 2 is 1.82 bits per heavy atom. The van der Waals surface area contributed by atoms with Gasteiger partial charge in [0.2, 0.25) is 0 Å². The van der Waals surface area contributed by atoms with E-state index in [-0.39, 0.29) is 0 Å². The minimum atomic E-state index is -1.36. The van der Waals surface area contributed by atoms with Gasteiger partial charge in [-0.1, -0.05) is 25.6 Å². The largest absolute Gasteiger partial charge is 0.307 e. The standard InChI is InChI=1S/C13H15N3Si/c1-17(2,3)9-6-12-10-14-11-13(15-12)16-7-4-5-8-16/h4-5,7-8,10-11H,1-3H3. The van der Waals surface area contributed by atoms with Gasteiger partial charge in [0.25, 0.3) is 0 Å². The van der Waals surface area contributed by atoms with Crippen LogP contribution in [-0.4, -0.2) is 22.6 Å². The van der Waals surface area contributed by atoms with Crippen LogP contribution in [0.4, 0.5) is 0 Å². The second-order valence-corrected chi connectivity index (χ2v) is 9.60. The molecule has 0 aliphatic carbocycles. The van der Waals surface area contributed by atoms with Gasteiger partial charge in [0.1, 0.15) is 13.8 Å². The van der Waals surface area contributed by atoms with Gasteiger partial charge in [-0.3, -0.25) is 4.98 Å². The molecule has 0 N–H and O–H groups in total. The van der Waals surface area contributed by atoms with Crippen LogP contribution in [0.2, 0.25) is 19.6 Å². The summed E-state index contributed by atoms with van der Waals surface area (Å²) in [5.41, 5.74) is 4.02. The fraction of sp³-hybridized carbons (Fsp3) is 0.231. The van der Waals surface area contributed by atoms with Crippen molar-refractivity contribution < 1.29 is 0 Å². The fourth-order valence-corrected chi connectivity index (χ4v) is 1.78. The van der Waals surface area contributed by atoms with Crippen molar-refractivity contribution in [2.75, 3.05) is 0 Å². The van der Waals surface area contributed by atoms with Gasteiger partial charge in [-0.2, -0.15) is 0 Å². The van der Waals surface area contributed by atoms with Gasteiger partial charge in [-0.15, -0.1) is 5.54 Å². The molecule has 17 heavy (non-hydrogen) atoms. The number of aromatic nitrogens is 3. The summed E-state index contributed by atoms with van der Waals surface area (Å²) in [5.74, 6) is 3.91. The van der Waals surface area contributed by atoms with Crippen LogP contribution in [-0.2, 0) is 0 Å². The Bertz CT molecular complexity index is 556. The van der Waals surface area contributed by atoms with Crippen LogP contribution in [0.15, 0.2) is 36.9 Å². The summed E-state index contributed by atoms with van der Waals surface area (Å²) in [7, 11) is -1.36. The van der Waals surface area contributed by atoms with Crippen LogP contribution >= 0.6 is 0 Å². The summed E-state index contributed by atoms with van der Waals surface area (Å²) in [4.78, 5) is 8.64. The molecule has 2 heterocycles. The maximum absolute atomic E-state index is 4.47. The van der Waals surface area contributed by atoms with Crippen molar-refractivity contribution in [1.29, 1.82) is 0 Å². The first-order valence-electron chi connectivity index (χ1n) is 5.53. The van der Waals surface area contributed by atoms with E-state index >= 15 is 0 Å². The van der Waals surface area contributed by atoms with Gasteiger partial charge in [0, 0.05) is 12.4 Å². The van der Waals surface area contributed by atoms with Gasteiger partial charge in [0.05, 0.1) is 12.4 Å². The molecule has 2 rings (SSSR count). The van der Waals surface area contributed by atoms with Crippen molar-refractivity contribution in [3.8, 4) is 17.3 Å². The van der Waals surface area contributed by atoms with E-state index in [4.69, 9.17) is 0 Å². The second-order valence-electron chi connectivity index (χ2n) is 4.85. The molecule has 0 aliphatic rings. The van der Waals surface area contributed by atoms with Crippen molar-refractivity contribution >= 4 is 8.07 Å². The third-order valence-electron chi connectivity index (χ3n) is 2.06. The van der Waals surface area contributed by atoms with E-state index in [0.29, 0.717) is 0 Å². The average molecular weight is 241 g/mol. The summed E-state index contributed by atoms with van der Waals surface area (Å²) in [6.07, 6.45) is 7.33. The maximum atomic E-state index is 4.47. The van der Waals surface area contributed by atoms with Crippen molar-refractivity contribution in [2.24, 2.45) is 0 Å². The Morgan fingerprint density at radius 3 is 2.47 bits per heavy atom. The first-order valence-corrected chi connectivity index (χ1v) is 9.03. The number of hydrogen-bond donors (Lipinski definition) is 0. The molecule has 0 radical (unpaired) electrons. The predicted molar refractivity (Wildman–Crippen MR) is 71.6 cm³/mol. The molecule has 0 amide bonds. The maximum Gasteiger partial charge on any atom is 0.156 e. The molecule has 4 heteroatoms. The molecule has 2 aromatic heterocycles. The van der Waals surface area contributed by atoms with E-state index in [2.05, 4.69) is 41.1 Å². The van der Waals surface area contributed by atoms with Crippen LogP contribution in [0.5, 0.6) is 0 Å². The highest BCUT2D eigenvalue weighted by Gasteiger charge is 2.07. The zero-order valence-electron chi connectivity index (χ0n) is 10.3. The quantitative estimate of drug-likeness (QED) is 0.567. The predicted octanol–water partition coefficient (Wildman–Crippen LogP) is 2.50. The van der Waals surface area contributed by atoms with E-state index in [1.807, 2.05) is 29.1 Å². The lowest BCUT2D eigenvalue weighted by molar-refractivity contribution is 0.975. The minimum absolute atomic E-state index is 0.735. The van der Waals surface area contributed by atoms with Crippen molar-refractivity contribution in [3.05, 3.63) is 42.6 Å². The van der Waals surface area contributed by atoms with E-state index in [0.717, 1.165) is 11.5 Å². The normalized spacial score (nSPS) is 10.8. The monoisotopic (exact) mass is 241 g/mol. The Hall–Kier alpha value is -1.86. The lowest BCUT2D eigenvalue weighted by atomic mass is 10.4. The third-order valence-corrected chi connectivity index (χ3v) is 2.93. The van der Waals surface area contributed by atoms with Gasteiger partial charge < -0.3 is 4.57 Å². The Kier molecular flexibility index (Phi) is 3.11. The molecular formula is C13H15N3Si. The van der Waals surface area contributed by atoms with Gasteiger partial charge in [-0.05, 0) is 12.1 Å².